The Morgan fingerprint density at radius 1 is 0.853 bits per heavy atom. The Labute approximate surface area is 201 Å². The largest absolute Gasteiger partial charge is 0.508 e. The van der Waals surface area contributed by atoms with Crippen LogP contribution in [0.4, 0.5) is 0 Å². The first kappa shape index (κ1) is 21.5. The highest BCUT2D eigenvalue weighted by atomic mass is 16.5. The summed E-state index contributed by atoms with van der Waals surface area (Å²) < 4.78 is 6.09. The molecular weight excluding hydrogens is 422 g/mol. The third-order valence-electron chi connectivity index (χ3n) is 7.76. The zero-order chi connectivity index (χ0) is 23.1. The summed E-state index contributed by atoms with van der Waals surface area (Å²) in [5.74, 6) is 4.23. The van der Waals surface area contributed by atoms with E-state index in [0.29, 0.717) is 6.42 Å². The molecule has 7 rings (SSSR count). The quantitative estimate of drug-likeness (QED) is 0.421. The SMILES string of the molecule is OCCC/C(=C(\c1ccc(O)cc1)c1ccc(OCCN2CC3C4C3C42)cc1)c1ccccc1. The van der Waals surface area contributed by atoms with E-state index < -0.39 is 0 Å². The number of phenolic OH excluding ortho intramolecular Hbond substituents is 1. The van der Waals surface area contributed by atoms with Crippen LogP contribution in [0, 0.1) is 17.8 Å². The van der Waals surface area contributed by atoms with Gasteiger partial charge in [-0.25, -0.2) is 0 Å². The van der Waals surface area contributed by atoms with Gasteiger partial charge in [0.1, 0.15) is 18.1 Å². The van der Waals surface area contributed by atoms with E-state index in [4.69, 9.17) is 4.74 Å². The van der Waals surface area contributed by atoms with Crippen molar-refractivity contribution in [3.05, 3.63) is 95.6 Å². The maximum absolute atomic E-state index is 9.85. The van der Waals surface area contributed by atoms with Crippen molar-refractivity contribution < 1.29 is 14.9 Å². The molecule has 0 aromatic heterocycles. The van der Waals surface area contributed by atoms with Gasteiger partial charge in [0, 0.05) is 25.7 Å². The molecule has 0 spiro atoms. The van der Waals surface area contributed by atoms with E-state index in [-0.39, 0.29) is 12.4 Å². The maximum atomic E-state index is 9.85. The average Bonchev–Trinajstić information content (AvgIpc) is 3.70. The molecule has 4 nitrogen and oxygen atoms in total. The summed E-state index contributed by atoms with van der Waals surface area (Å²) in [6, 6.07) is 27.0. The third kappa shape index (κ3) is 4.02. The molecule has 2 saturated carbocycles. The number of ether oxygens (including phenoxy) is 1. The molecule has 3 aromatic rings. The first-order chi connectivity index (χ1) is 16.7. The molecule has 3 aromatic carbocycles. The van der Waals surface area contributed by atoms with Crippen LogP contribution in [0.3, 0.4) is 0 Å². The molecule has 174 valence electrons. The summed E-state index contributed by atoms with van der Waals surface area (Å²) in [6.07, 6.45) is 1.45. The number of fused-ring (bicyclic) bond motifs is 1. The molecule has 2 aliphatic heterocycles. The standard InChI is InChI=1S/C30H31NO3/c32-17-4-7-25(20-5-2-1-3-6-20)27(21-8-12-23(33)13-9-21)22-10-14-24(15-11-22)34-18-16-31-19-26-28-29(26)30(28)31/h1-3,5-6,8-15,26,28-30,32-33H,4,7,16-19H2/b27-25-. The molecule has 2 N–H and O–H groups in total. The second-order valence-corrected chi connectivity index (χ2v) is 9.77. The summed E-state index contributed by atoms with van der Waals surface area (Å²) >= 11 is 0. The molecule has 4 heteroatoms. The van der Waals surface area contributed by atoms with Crippen molar-refractivity contribution in [1.29, 1.82) is 0 Å². The van der Waals surface area contributed by atoms with Crippen molar-refractivity contribution in [3.8, 4) is 11.5 Å². The van der Waals surface area contributed by atoms with Crippen molar-refractivity contribution in [1.82, 2.24) is 4.90 Å². The summed E-state index contributed by atoms with van der Waals surface area (Å²) in [5.41, 5.74) is 5.58. The van der Waals surface area contributed by atoms with Gasteiger partial charge in [0.15, 0.2) is 0 Å². The van der Waals surface area contributed by atoms with Gasteiger partial charge in [-0.3, -0.25) is 4.90 Å². The number of hydrogen-bond acceptors (Lipinski definition) is 4. The monoisotopic (exact) mass is 453 g/mol. The number of benzene rings is 3. The van der Waals surface area contributed by atoms with E-state index in [1.165, 1.54) is 12.1 Å². The molecule has 2 heterocycles. The van der Waals surface area contributed by atoms with Crippen LogP contribution in [0.5, 0.6) is 11.5 Å². The Balaban J connectivity index is 1.27. The van der Waals surface area contributed by atoms with Crippen LogP contribution in [0.2, 0.25) is 0 Å². The van der Waals surface area contributed by atoms with Crippen molar-refractivity contribution in [2.45, 2.75) is 18.9 Å². The Bertz CT molecular complexity index is 1150. The summed E-state index contributed by atoms with van der Waals surface area (Å²) in [6.45, 7) is 3.17. The molecule has 2 aliphatic carbocycles. The van der Waals surface area contributed by atoms with Gasteiger partial charge in [0.25, 0.3) is 0 Å². The van der Waals surface area contributed by atoms with E-state index in [2.05, 4.69) is 41.3 Å². The lowest BCUT2D eigenvalue weighted by atomic mass is 9.87. The van der Waals surface area contributed by atoms with Gasteiger partial charge >= 0.3 is 0 Å². The molecule has 2 unspecified atom stereocenters. The van der Waals surface area contributed by atoms with Crippen LogP contribution < -0.4 is 4.74 Å². The second-order valence-electron chi connectivity index (χ2n) is 9.77. The normalized spacial score (nSPS) is 25.0. The zero-order valence-electron chi connectivity index (χ0n) is 19.3. The molecule has 0 radical (unpaired) electrons. The van der Waals surface area contributed by atoms with Crippen LogP contribution in [0.1, 0.15) is 29.5 Å². The smallest absolute Gasteiger partial charge is 0.119 e. The number of phenols is 1. The zero-order valence-corrected chi connectivity index (χ0v) is 19.3. The van der Waals surface area contributed by atoms with Crippen LogP contribution in [-0.4, -0.2) is 47.5 Å². The maximum Gasteiger partial charge on any atom is 0.119 e. The van der Waals surface area contributed by atoms with Crippen LogP contribution >= 0.6 is 0 Å². The van der Waals surface area contributed by atoms with Crippen LogP contribution in [-0.2, 0) is 0 Å². The Morgan fingerprint density at radius 3 is 2.15 bits per heavy atom. The highest BCUT2D eigenvalue weighted by molar-refractivity contribution is 5.98. The van der Waals surface area contributed by atoms with E-state index in [1.807, 2.05) is 30.3 Å². The topological polar surface area (TPSA) is 52.9 Å². The molecule has 4 aliphatic rings. The molecule has 2 atom stereocenters. The van der Waals surface area contributed by atoms with Gasteiger partial charge in [-0.2, -0.15) is 0 Å². The minimum absolute atomic E-state index is 0.145. The summed E-state index contributed by atoms with van der Waals surface area (Å²) in [4.78, 5) is 2.60. The molecular formula is C30H31NO3. The molecule has 2 bridgehead atoms. The highest BCUT2D eigenvalue weighted by Crippen LogP contribution is 2.75. The number of aromatic hydroxyl groups is 1. The van der Waals surface area contributed by atoms with E-state index in [1.54, 1.807) is 12.1 Å². The van der Waals surface area contributed by atoms with Gasteiger partial charge in [0.2, 0.25) is 0 Å². The molecule has 34 heavy (non-hydrogen) atoms. The van der Waals surface area contributed by atoms with Gasteiger partial charge in [-0.1, -0.05) is 54.6 Å². The molecule has 2 saturated heterocycles. The number of piperidine rings is 1. The predicted molar refractivity (Wildman–Crippen MR) is 135 cm³/mol. The van der Waals surface area contributed by atoms with Crippen molar-refractivity contribution in [3.63, 3.8) is 0 Å². The number of nitrogens with zero attached hydrogens (tertiary/aromatic N) is 1. The Kier molecular flexibility index (Phi) is 5.64. The highest BCUT2D eigenvalue weighted by Gasteiger charge is 2.79. The number of aliphatic hydroxyl groups excluding tert-OH is 1. The fourth-order valence-corrected chi connectivity index (χ4v) is 5.94. The fourth-order valence-electron chi connectivity index (χ4n) is 5.94. The summed E-state index contributed by atoms with van der Waals surface area (Å²) in [5, 5.41) is 19.4. The van der Waals surface area contributed by atoms with Crippen LogP contribution in [0.25, 0.3) is 11.1 Å². The van der Waals surface area contributed by atoms with E-state index >= 15 is 0 Å². The first-order valence-corrected chi connectivity index (χ1v) is 12.4. The van der Waals surface area contributed by atoms with E-state index in [9.17, 15) is 10.2 Å². The minimum atomic E-state index is 0.145. The Hall–Kier alpha value is -3.08. The second kappa shape index (κ2) is 8.94. The third-order valence-corrected chi connectivity index (χ3v) is 7.76. The Morgan fingerprint density at radius 2 is 1.53 bits per heavy atom. The predicted octanol–water partition coefficient (Wildman–Crippen LogP) is 5.06. The molecule has 4 fully saturated rings. The number of rotatable bonds is 10. The lowest BCUT2D eigenvalue weighted by Crippen LogP contribution is -2.26. The minimum Gasteiger partial charge on any atom is -0.508 e. The lowest BCUT2D eigenvalue weighted by Gasteiger charge is -2.18. The van der Waals surface area contributed by atoms with Crippen LogP contribution in [0.15, 0.2) is 78.9 Å². The fraction of sp³-hybridized carbons (Fsp3) is 0.333. The van der Waals surface area contributed by atoms with Gasteiger partial charge in [0.05, 0.1) is 0 Å². The molecule has 0 amide bonds. The van der Waals surface area contributed by atoms with Crippen molar-refractivity contribution in [2.24, 2.45) is 17.8 Å². The van der Waals surface area contributed by atoms with Gasteiger partial charge < -0.3 is 14.9 Å². The van der Waals surface area contributed by atoms with Crippen molar-refractivity contribution in [2.75, 3.05) is 26.3 Å². The van der Waals surface area contributed by atoms with Gasteiger partial charge in [-0.15, -0.1) is 0 Å². The van der Waals surface area contributed by atoms with Gasteiger partial charge in [-0.05, 0) is 82.7 Å². The number of hydrogen-bond donors (Lipinski definition) is 2. The summed E-state index contributed by atoms with van der Waals surface area (Å²) in [7, 11) is 0. The average molecular weight is 454 g/mol. The van der Waals surface area contributed by atoms with Crippen molar-refractivity contribution >= 4 is 11.1 Å². The lowest BCUT2D eigenvalue weighted by molar-refractivity contribution is 0.230. The van der Waals surface area contributed by atoms with E-state index in [0.717, 1.165) is 71.4 Å². The first-order valence-electron chi connectivity index (χ1n) is 12.4. The number of allylic oxidation sites excluding steroid dienone is 1. The number of aliphatic hydroxyl groups is 1.